The summed E-state index contributed by atoms with van der Waals surface area (Å²) in [5.41, 5.74) is 1.11. The van der Waals surface area contributed by atoms with Crippen molar-refractivity contribution in [1.29, 1.82) is 0 Å². The maximum Gasteiger partial charge on any atom is 0.164 e. The van der Waals surface area contributed by atoms with Gasteiger partial charge in [0.25, 0.3) is 0 Å². The molecular formula is C13H16O2. The fraction of sp³-hybridized carbons (Fsp3) is 0.308. The third kappa shape index (κ3) is 2.69. The molecule has 1 aromatic rings. The molecule has 80 valence electrons. The second kappa shape index (κ2) is 4.78. The predicted octanol–water partition coefficient (Wildman–Crippen LogP) is 3.20. The average molecular weight is 204 g/mol. The summed E-state index contributed by atoms with van der Waals surface area (Å²) in [6.07, 6.45) is 0. The topological polar surface area (TPSA) is 37.3 Å². The van der Waals surface area contributed by atoms with Crippen LogP contribution in [0.4, 0.5) is 0 Å². The lowest BCUT2D eigenvalue weighted by molar-refractivity contribution is -0.118. The maximum atomic E-state index is 11.6. The van der Waals surface area contributed by atoms with Crippen LogP contribution in [0.2, 0.25) is 0 Å². The van der Waals surface area contributed by atoms with Crippen LogP contribution in [-0.4, -0.2) is 10.9 Å². The first kappa shape index (κ1) is 11.5. The minimum atomic E-state index is -0.0872. The third-order valence-corrected chi connectivity index (χ3v) is 2.30. The van der Waals surface area contributed by atoms with Crippen LogP contribution < -0.4 is 0 Å². The minimum absolute atomic E-state index is 0.0173. The van der Waals surface area contributed by atoms with Gasteiger partial charge >= 0.3 is 0 Å². The van der Waals surface area contributed by atoms with Gasteiger partial charge in [0, 0.05) is 17.1 Å². The van der Waals surface area contributed by atoms with Gasteiger partial charge in [-0.05, 0) is 6.92 Å². The molecule has 1 aromatic carbocycles. The van der Waals surface area contributed by atoms with Gasteiger partial charge in [0.1, 0.15) is 5.76 Å². The Labute approximate surface area is 90.3 Å². The lowest BCUT2D eigenvalue weighted by Crippen LogP contribution is -2.10. The summed E-state index contributed by atoms with van der Waals surface area (Å²) in [6, 6.07) is 9.10. The molecule has 0 aliphatic heterocycles. The third-order valence-electron chi connectivity index (χ3n) is 2.30. The number of rotatable bonds is 3. The van der Waals surface area contributed by atoms with E-state index >= 15 is 0 Å². The number of benzene rings is 1. The van der Waals surface area contributed by atoms with Crippen LogP contribution in [0.15, 0.2) is 35.9 Å². The molecule has 0 unspecified atom stereocenters. The summed E-state index contributed by atoms with van der Waals surface area (Å²) in [5.74, 6) is -0.0264. The monoisotopic (exact) mass is 204 g/mol. The summed E-state index contributed by atoms with van der Waals surface area (Å²) >= 11 is 0. The van der Waals surface area contributed by atoms with Crippen molar-refractivity contribution < 1.29 is 9.90 Å². The van der Waals surface area contributed by atoms with Crippen molar-refractivity contribution in [2.24, 2.45) is 5.92 Å². The molecule has 0 radical (unpaired) electrons. The van der Waals surface area contributed by atoms with Crippen LogP contribution in [-0.2, 0) is 4.79 Å². The normalized spacial score (nSPS) is 12.5. The van der Waals surface area contributed by atoms with Gasteiger partial charge in [-0.25, -0.2) is 0 Å². The summed E-state index contributed by atoms with van der Waals surface area (Å²) < 4.78 is 0. The van der Waals surface area contributed by atoms with Gasteiger partial charge < -0.3 is 5.11 Å². The van der Waals surface area contributed by atoms with Crippen molar-refractivity contribution in [2.45, 2.75) is 20.8 Å². The molecular weight excluding hydrogens is 188 g/mol. The van der Waals surface area contributed by atoms with E-state index in [4.69, 9.17) is 0 Å². The lowest BCUT2D eigenvalue weighted by Gasteiger charge is -2.07. The minimum Gasteiger partial charge on any atom is -0.507 e. The van der Waals surface area contributed by atoms with E-state index in [1.807, 2.05) is 32.0 Å². The summed E-state index contributed by atoms with van der Waals surface area (Å²) in [4.78, 5) is 11.6. The Morgan fingerprint density at radius 2 is 1.73 bits per heavy atom. The molecule has 0 aliphatic carbocycles. The molecule has 0 amide bonds. The van der Waals surface area contributed by atoms with Gasteiger partial charge in [0.05, 0.1) is 0 Å². The quantitative estimate of drug-likeness (QED) is 0.606. The number of aliphatic hydroxyl groups excluding tert-OH is 1. The van der Waals surface area contributed by atoms with E-state index in [9.17, 15) is 9.90 Å². The van der Waals surface area contributed by atoms with E-state index in [2.05, 4.69) is 0 Å². The number of hydrogen-bond acceptors (Lipinski definition) is 2. The SMILES string of the molecule is CC(C(=O)C(C)C)=C(O)c1ccccc1. The molecule has 0 bridgehead atoms. The Kier molecular flexibility index (Phi) is 3.67. The Morgan fingerprint density at radius 1 is 1.20 bits per heavy atom. The van der Waals surface area contributed by atoms with Crippen molar-refractivity contribution in [3.05, 3.63) is 41.5 Å². The number of aliphatic hydroxyl groups is 1. The number of ketones is 1. The first-order valence-electron chi connectivity index (χ1n) is 5.03. The molecule has 0 fully saturated rings. The van der Waals surface area contributed by atoms with Gasteiger partial charge in [0.2, 0.25) is 0 Å². The zero-order valence-electron chi connectivity index (χ0n) is 9.32. The predicted molar refractivity (Wildman–Crippen MR) is 61.5 cm³/mol. The van der Waals surface area contributed by atoms with E-state index in [0.29, 0.717) is 11.1 Å². The van der Waals surface area contributed by atoms with Crippen LogP contribution >= 0.6 is 0 Å². The zero-order chi connectivity index (χ0) is 11.4. The molecule has 0 aromatic heterocycles. The molecule has 1 rings (SSSR count). The highest BCUT2D eigenvalue weighted by molar-refractivity contribution is 6.01. The van der Waals surface area contributed by atoms with E-state index in [1.54, 1.807) is 19.1 Å². The highest BCUT2D eigenvalue weighted by Gasteiger charge is 2.14. The summed E-state index contributed by atoms with van der Waals surface area (Å²) in [5, 5.41) is 9.87. The van der Waals surface area contributed by atoms with Gasteiger partial charge in [-0.3, -0.25) is 4.79 Å². The molecule has 2 heteroatoms. The summed E-state index contributed by atoms with van der Waals surface area (Å²) in [7, 11) is 0. The molecule has 15 heavy (non-hydrogen) atoms. The van der Waals surface area contributed by atoms with E-state index < -0.39 is 0 Å². The number of allylic oxidation sites excluding steroid dienone is 1. The average Bonchev–Trinajstić information content (AvgIpc) is 2.27. The molecule has 0 heterocycles. The van der Waals surface area contributed by atoms with Gasteiger partial charge in [0.15, 0.2) is 5.78 Å². The number of Topliss-reactive ketones (excluding diaryl/α,β-unsaturated/α-hetero) is 1. The van der Waals surface area contributed by atoms with Crippen molar-refractivity contribution in [3.63, 3.8) is 0 Å². The van der Waals surface area contributed by atoms with Gasteiger partial charge in [-0.2, -0.15) is 0 Å². The Bertz CT molecular complexity index is 375. The van der Waals surface area contributed by atoms with Crippen molar-refractivity contribution in [1.82, 2.24) is 0 Å². The van der Waals surface area contributed by atoms with Gasteiger partial charge in [-0.1, -0.05) is 44.2 Å². The number of hydrogen-bond donors (Lipinski definition) is 1. The van der Waals surface area contributed by atoms with Crippen LogP contribution in [0.5, 0.6) is 0 Å². The fourth-order valence-electron chi connectivity index (χ4n) is 1.36. The Hall–Kier alpha value is -1.57. The highest BCUT2D eigenvalue weighted by Crippen LogP contribution is 2.18. The van der Waals surface area contributed by atoms with E-state index in [0.717, 1.165) is 0 Å². The smallest absolute Gasteiger partial charge is 0.164 e. The van der Waals surface area contributed by atoms with Crippen LogP contribution in [0.3, 0.4) is 0 Å². The molecule has 0 aliphatic rings. The lowest BCUT2D eigenvalue weighted by atomic mass is 9.99. The van der Waals surface area contributed by atoms with Gasteiger partial charge in [-0.15, -0.1) is 0 Å². The number of carbonyl (C=O) groups excluding carboxylic acids is 1. The van der Waals surface area contributed by atoms with Crippen molar-refractivity contribution in [2.75, 3.05) is 0 Å². The maximum absolute atomic E-state index is 11.6. The van der Waals surface area contributed by atoms with E-state index in [-0.39, 0.29) is 17.5 Å². The molecule has 0 saturated carbocycles. The van der Waals surface area contributed by atoms with Crippen LogP contribution in [0.1, 0.15) is 26.3 Å². The summed E-state index contributed by atoms with van der Waals surface area (Å²) in [6.45, 7) is 5.30. The first-order chi connectivity index (χ1) is 7.04. The second-order valence-electron chi connectivity index (χ2n) is 3.86. The van der Waals surface area contributed by atoms with E-state index in [1.165, 1.54) is 0 Å². The number of carbonyl (C=O) groups is 1. The Balaban J connectivity index is 3.06. The first-order valence-corrected chi connectivity index (χ1v) is 5.03. The highest BCUT2D eigenvalue weighted by atomic mass is 16.3. The van der Waals surface area contributed by atoms with Crippen LogP contribution in [0, 0.1) is 5.92 Å². The molecule has 0 spiro atoms. The second-order valence-corrected chi connectivity index (χ2v) is 3.86. The molecule has 0 atom stereocenters. The fourth-order valence-corrected chi connectivity index (χ4v) is 1.36. The molecule has 0 saturated heterocycles. The van der Waals surface area contributed by atoms with Crippen molar-refractivity contribution in [3.8, 4) is 0 Å². The van der Waals surface area contributed by atoms with Crippen molar-refractivity contribution >= 4 is 11.5 Å². The largest absolute Gasteiger partial charge is 0.507 e. The van der Waals surface area contributed by atoms with Crippen LogP contribution in [0.25, 0.3) is 5.76 Å². The standard InChI is InChI=1S/C13H16O2/c1-9(2)12(14)10(3)13(15)11-7-5-4-6-8-11/h4-9,15H,1-3H3. The Morgan fingerprint density at radius 3 is 2.20 bits per heavy atom. The molecule has 2 nitrogen and oxygen atoms in total. The molecule has 1 N–H and O–H groups in total. The zero-order valence-corrected chi connectivity index (χ0v) is 9.32.